The number of hydrogen-bond acceptors (Lipinski definition) is 4. The minimum Gasteiger partial charge on any atom is -0.349 e. The van der Waals surface area contributed by atoms with E-state index in [0.717, 1.165) is 28.2 Å². The summed E-state index contributed by atoms with van der Waals surface area (Å²) in [7, 11) is -3.29. The molecule has 6 nitrogen and oxygen atoms in total. The second-order valence-electron chi connectivity index (χ2n) is 7.94. The molecule has 1 aromatic heterocycles. The van der Waals surface area contributed by atoms with Crippen LogP contribution >= 0.6 is 11.6 Å². The van der Waals surface area contributed by atoms with Gasteiger partial charge in [0.05, 0.1) is 34.5 Å². The lowest BCUT2D eigenvalue weighted by Crippen LogP contribution is -2.34. The molecule has 1 aliphatic rings. The number of nitrogens with zero attached hydrogens (tertiary/aromatic N) is 2. The molecule has 0 fully saturated rings. The minimum absolute atomic E-state index is 0.0269. The number of halogens is 1. The molecule has 0 saturated carbocycles. The maximum absolute atomic E-state index is 12.9. The van der Waals surface area contributed by atoms with Crippen LogP contribution in [0.1, 0.15) is 40.5 Å². The summed E-state index contributed by atoms with van der Waals surface area (Å²) in [5.74, 6) is -0.133. The first-order chi connectivity index (χ1) is 14.7. The van der Waals surface area contributed by atoms with Crippen molar-refractivity contribution >= 4 is 27.3 Å². The van der Waals surface area contributed by atoms with Crippen molar-refractivity contribution in [3.8, 4) is 5.69 Å². The number of carbonyl (C=O) groups excluding carboxylic acids is 1. The normalized spacial score (nSPS) is 17.2. The van der Waals surface area contributed by atoms with Gasteiger partial charge in [-0.3, -0.25) is 4.79 Å². The van der Waals surface area contributed by atoms with Gasteiger partial charge in [0.2, 0.25) is 5.91 Å². The molecular weight excluding hydrogens is 434 g/mol. The number of sulfone groups is 1. The molecule has 3 aromatic rings. The molecule has 1 N–H and O–H groups in total. The molecule has 4 rings (SSSR count). The third kappa shape index (κ3) is 4.12. The molecule has 0 bridgehead atoms. The standard InChI is InChI=1S/C23H24ClN3O3S/c1-14-8-9-17(12-20(14)24)27-16(3)19(15(2)26-27)13-23(28)25-21-10-11-31(29,30)22-7-5-4-6-18(21)22/h4-9,12,21H,10-11,13H2,1-3H3,(H,25,28). The van der Waals surface area contributed by atoms with Gasteiger partial charge in [-0.15, -0.1) is 0 Å². The van der Waals surface area contributed by atoms with Gasteiger partial charge in [-0.2, -0.15) is 5.10 Å². The number of carbonyl (C=O) groups is 1. The van der Waals surface area contributed by atoms with Gasteiger partial charge >= 0.3 is 0 Å². The zero-order chi connectivity index (χ0) is 22.3. The zero-order valence-electron chi connectivity index (χ0n) is 17.6. The number of amides is 1. The predicted octanol–water partition coefficient (Wildman–Crippen LogP) is 4.03. The van der Waals surface area contributed by atoms with E-state index >= 15 is 0 Å². The van der Waals surface area contributed by atoms with Crippen LogP contribution in [0.25, 0.3) is 5.69 Å². The number of hydrogen-bond donors (Lipinski definition) is 1. The number of aromatic nitrogens is 2. The van der Waals surface area contributed by atoms with Crippen molar-refractivity contribution in [3.63, 3.8) is 0 Å². The third-order valence-electron chi connectivity index (χ3n) is 5.82. The van der Waals surface area contributed by atoms with Crippen molar-refractivity contribution < 1.29 is 13.2 Å². The Bertz CT molecular complexity index is 1280. The molecule has 0 radical (unpaired) electrons. The van der Waals surface area contributed by atoms with Crippen molar-refractivity contribution in [2.75, 3.05) is 5.75 Å². The quantitative estimate of drug-likeness (QED) is 0.641. The number of rotatable bonds is 4. The molecule has 1 aliphatic heterocycles. The Balaban J connectivity index is 1.56. The molecule has 2 aromatic carbocycles. The first-order valence-electron chi connectivity index (χ1n) is 10.1. The lowest BCUT2D eigenvalue weighted by Gasteiger charge is -2.26. The van der Waals surface area contributed by atoms with Crippen LogP contribution in [0, 0.1) is 20.8 Å². The molecule has 0 aliphatic carbocycles. The van der Waals surface area contributed by atoms with Crippen LogP contribution < -0.4 is 5.32 Å². The summed E-state index contributed by atoms with van der Waals surface area (Å²) >= 11 is 6.27. The van der Waals surface area contributed by atoms with Crippen molar-refractivity contribution in [1.29, 1.82) is 0 Å². The van der Waals surface area contributed by atoms with Crippen LogP contribution in [0.5, 0.6) is 0 Å². The van der Waals surface area contributed by atoms with E-state index in [9.17, 15) is 13.2 Å². The molecule has 1 atom stereocenters. The highest BCUT2D eigenvalue weighted by Crippen LogP contribution is 2.32. The summed E-state index contributed by atoms with van der Waals surface area (Å²) in [5, 5.41) is 8.29. The molecule has 1 amide bonds. The summed E-state index contributed by atoms with van der Waals surface area (Å²) in [6.07, 6.45) is 0.535. The second-order valence-corrected chi connectivity index (χ2v) is 10.4. The van der Waals surface area contributed by atoms with Crippen LogP contribution in [0.15, 0.2) is 47.4 Å². The molecule has 0 saturated heterocycles. The molecule has 31 heavy (non-hydrogen) atoms. The van der Waals surface area contributed by atoms with Gasteiger partial charge in [0.15, 0.2) is 9.84 Å². The van der Waals surface area contributed by atoms with E-state index in [1.807, 2.05) is 39.0 Å². The van der Waals surface area contributed by atoms with Gasteiger partial charge in [0, 0.05) is 16.3 Å². The van der Waals surface area contributed by atoms with Gasteiger partial charge in [-0.05, 0) is 56.5 Å². The van der Waals surface area contributed by atoms with E-state index in [4.69, 9.17) is 11.6 Å². The van der Waals surface area contributed by atoms with Gasteiger partial charge in [-0.25, -0.2) is 13.1 Å². The van der Waals surface area contributed by atoms with Crippen LogP contribution in [-0.4, -0.2) is 29.9 Å². The fraction of sp³-hybridized carbons (Fsp3) is 0.304. The highest BCUT2D eigenvalue weighted by molar-refractivity contribution is 7.91. The maximum atomic E-state index is 12.9. The van der Waals surface area contributed by atoms with Gasteiger partial charge in [-0.1, -0.05) is 35.9 Å². The van der Waals surface area contributed by atoms with Crippen molar-refractivity contribution in [2.24, 2.45) is 0 Å². The highest BCUT2D eigenvalue weighted by atomic mass is 35.5. The Kier molecular flexibility index (Phi) is 5.66. The van der Waals surface area contributed by atoms with E-state index in [2.05, 4.69) is 10.4 Å². The zero-order valence-corrected chi connectivity index (χ0v) is 19.2. The van der Waals surface area contributed by atoms with E-state index < -0.39 is 9.84 Å². The molecular formula is C23H24ClN3O3S. The van der Waals surface area contributed by atoms with Crippen molar-refractivity contribution in [3.05, 3.63) is 75.6 Å². The highest BCUT2D eigenvalue weighted by Gasteiger charge is 2.31. The minimum atomic E-state index is -3.29. The van der Waals surface area contributed by atoms with E-state index in [-0.39, 0.29) is 24.1 Å². The maximum Gasteiger partial charge on any atom is 0.225 e. The van der Waals surface area contributed by atoms with Crippen LogP contribution in [0.2, 0.25) is 5.02 Å². The Hall–Kier alpha value is -2.64. The summed E-state index contributed by atoms with van der Waals surface area (Å²) in [5.41, 5.74) is 4.98. The summed E-state index contributed by atoms with van der Waals surface area (Å²) < 4.78 is 26.5. The van der Waals surface area contributed by atoms with Gasteiger partial charge in [0.1, 0.15) is 0 Å². The van der Waals surface area contributed by atoms with E-state index in [1.165, 1.54) is 0 Å². The Morgan fingerprint density at radius 2 is 1.94 bits per heavy atom. The fourth-order valence-corrected chi connectivity index (χ4v) is 5.84. The third-order valence-corrected chi connectivity index (χ3v) is 8.04. The number of benzene rings is 2. The summed E-state index contributed by atoms with van der Waals surface area (Å²) in [4.78, 5) is 13.2. The SMILES string of the molecule is Cc1ccc(-n2nc(C)c(CC(=O)NC3CCS(=O)(=O)c4ccccc43)c2C)cc1Cl. The van der Waals surface area contributed by atoms with E-state index in [1.54, 1.807) is 28.9 Å². The van der Waals surface area contributed by atoms with Crippen LogP contribution in [0.4, 0.5) is 0 Å². The van der Waals surface area contributed by atoms with Crippen molar-refractivity contribution in [2.45, 2.75) is 44.6 Å². The van der Waals surface area contributed by atoms with Crippen LogP contribution in [0.3, 0.4) is 0 Å². The molecule has 2 heterocycles. The molecule has 162 valence electrons. The molecule has 0 spiro atoms. The topological polar surface area (TPSA) is 81.1 Å². The summed E-state index contributed by atoms with van der Waals surface area (Å²) in [6, 6.07) is 12.3. The fourth-order valence-electron chi connectivity index (χ4n) is 4.04. The Morgan fingerprint density at radius 1 is 1.19 bits per heavy atom. The van der Waals surface area contributed by atoms with E-state index in [0.29, 0.717) is 21.9 Å². The first-order valence-corrected chi connectivity index (χ1v) is 12.1. The average molecular weight is 458 g/mol. The van der Waals surface area contributed by atoms with Gasteiger partial charge < -0.3 is 5.32 Å². The molecule has 1 unspecified atom stereocenters. The predicted molar refractivity (Wildman–Crippen MR) is 120 cm³/mol. The summed E-state index contributed by atoms with van der Waals surface area (Å²) in [6.45, 7) is 5.75. The second kappa shape index (κ2) is 8.13. The lowest BCUT2D eigenvalue weighted by atomic mass is 10.0. The average Bonchev–Trinajstić information content (AvgIpc) is 3.01. The van der Waals surface area contributed by atoms with Crippen molar-refractivity contribution in [1.82, 2.24) is 15.1 Å². The number of fused-ring (bicyclic) bond motifs is 1. The largest absolute Gasteiger partial charge is 0.349 e. The smallest absolute Gasteiger partial charge is 0.225 e. The first kappa shape index (κ1) is 21.6. The van der Waals surface area contributed by atoms with Crippen LogP contribution in [-0.2, 0) is 21.1 Å². The Morgan fingerprint density at radius 3 is 2.68 bits per heavy atom. The van der Waals surface area contributed by atoms with Gasteiger partial charge in [0.25, 0.3) is 0 Å². The molecule has 8 heteroatoms. The Labute approximate surface area is 187 Å². The number of aryl methyl sites for hydroxylation is 2. The lowest BCUT2D eigenvalue weighted by molar-refractivity contribution is -0.121. The monoisotopic (exact) mass is 457 g/mol. The number of nitrogens with one attached hydrogen (secondary N) is 1.